The van der Waals surface area contributed by atoms with E-state index in [0.29, 0.717) is 13.1 Å². The summed E-state index contributed by atoms with van der Waals surface area (Å²) < 4.78 is 0. The van der Waals surface area contributed by atoms with Gasteiger partial charge in [0.15, 0.2) is 0 Å². The lowest BCUT2D eigenvalue weighted by Gasteiger charge is -2.22. The number of carbonyl (C=O) groups excluding carboxylic acids is 1. The Morgan fingerprint density at radius 3 is 2.76 bits per heavy atom. The molecule has 1 fully saturated rings. The average Bonchev–Trinajstić information content (AvgIpc) is 2.73. The van der Waals surface area contributed by atoms with E-state index < -0.39 is 0 Å². The van der Waals surface area contributed by atoms with Crippen LogP contribution < -0.4 is 16.1 Å². The van der Waals surface area contributed by atoms with Crippen molar-refractivity contribution in [1.82, 2.24) is 21.1 Å². The molecule has 0 aliphatic carbocycles. The van der Waals surface area contributed by atoms with Crippen molar-refractivity contribution >= 4 is 5.91 Å². The Morgan fingerprint density at radius 2 is 2.24 bits per heavy atom. The molecule has 2 unspecified atom stereocenters. The Balaban J connectivity index is -0.000000609. The predicted octanol–water partition coefficient (Wildman–Crippen LogP) is 0.809. The highest BCUT2D eigenvalue weighted by molar-refractivity contribution is 5.80. The quantitative estimate of drug-likeness (QED) is 0.643. The SMILES string of the molecule is C/C=C/CNC(=O)C1CNN(C)C1NC.CC.[HH].[HH]. The number of amides is 1. The Kier molecular flexibility index (Phi) is 8.66. The maximum Gasteiger partial charge on any atom is 0.227 e. The number of hydrogen-bond acceptors (Lipinski definition) is 4. The van der Waals surface area contributed by atoms with Crippen LogP contribution in [0.4, 0.5) is 0 Å². The lowest BCUT2D eigenvalue weighted by atomic mass is 10.1. The fourth-order valence-electron chi connectivity index (χ4n) is 1.76. The molecule has 104 valence electrons. The van der Waals surface area contributed by atoms with Crippen molar-refractivity contribution < 1.29 is 7.65 Å². The average molecular weight is 246 g/mol. The van der Waals surface area contributed by atoms with Crippen LogP contribution in [0.3, 0.4) is 0 Å². The first-order chi connectivity index (χ1) is 8.20. The fourth-order valence-corrected chi connectivity index (χ4v) is 1.76. The molecule has 0 aromatic heterocycles. The number of nitrogens with one attached hydrogen (secondary N) is 3. The summed E-state index contributed by atoms with van der Waals surface area (Å²) in [6, 6.07) is 0. The van der Waals surface area contributed by atoms with Gasteiger partial charge in [-0.05, 0) is 14.0 Å². The molecule has 2 atom stereocenters. The monoisotopic (exact) mass is 246 g/mol. The number of carbonyl (C=O) groups is 1. The molecule has 0 aromatic rings. The van der Waals surface area contributed by atoms with Crippen LogP contribution in [0.1, 0.15) is 23.6 Å². The normalized spacial score (nSPS) is 24.5. The van der Waals surface area contributed by atoms with E-state index in [1.54, 1.807) is 0 Å². The van der Waals surface area contributed by atoms with E-state index in [2.05, 4.69) is 16.1 Å². The van der Waals surface area contributed by atoms with Crippen molar-refractivity contribution in [1.29, 1.82) is 0 Å². The van der Waals surface area contributed by atoms with Crippen molar-refractivity contribution in [2.75, 3.05) is 27.2 Å². The maximum atomic E-state index is 11.8. The second-order valence-electron chi connectivity index (χ2n) is 3.63. The van der Waals surface area contributed by atoms with Gasteiger partial charge >= 0.3 is 0 Å². The van der Waals surface area contributed by atoms with Crippen LogP contribution in [0, 0.1) is 5.92 Å². The minimum Gasteiger partial charge on any atom is -0.352 e. The number of allylic oxidation sites excluding steroid dienone is 1. The van der Waals surface area contributed by atoms with E-state index in [-0.39, 0.29) is 20.8 Å². The molecule has 0 bridgehead atoms. The first-order valence-electron chi connectivity index (χ1n) is 6.23. The summed E-state index contributed by atoms with van der Waals surface area (Å²) >= 11 is 0. The smallest absolute Gasteiger partial charge is 0.227 e. The molecule has 1 aliphatic heterocycles. The second-order valence-corrected chi connectivity index (χ2v) is 3.63. The molecule has 5 nitrogen and oxygen atoms in total. The number of rotatable bonds is 4. The predicted molar refractivity (Wildman–Crippen MR) is 75.5 cm³/mol. The highest BCUT2D eigenvalue weighted by atomic mass is 16.2. The summed E-state index contributed by atoms with van der Waals surface area (Å²) in [5, 5.41) is 7.93. The van der Waals surface area contributed by atoms with E-state index in [1.807, 2.05) is 52.0 Å². The Labute approximate surface area is 108 Å². The van der Waals surface area contributed by atoms with Crippen LogP contribution in [0.25, 0.3) is 0 Å². The Bertz CT molecular complexity index is 252. The van der Waals surface area contributed by atoms with Crippen molar-refractivity contribution in [3.8, 4) is 0 Å². The minimum absolute atomic E-state index is 0. The molecule has 0 aromatic carbocycles. The van der Waals surface area contributed by atoms with Crippen molar-refractivity contribution in [3.05, 3.63) is 12.2 Å². The van der Waals surface area contributed by atoms with Crippen LogP contribution >= 0.6 is 0 Å². The van der Waals surface area contributed by atoms with Gasteiger partial charge < -0.3 is 10.6 Å². The van der Waals surface area contributed by atoms with Gasteiger partial charge in [-0.2, -0.15) is 0 Å². The first kappa shape index (κ1) is 16.1. The van der Waals surface area contributed by atoms with Crippen LogP contribution in [0.15, 0.2) is 12.2 Å². The van der Waals surface area contributed by atoms with Gasteiger partial charge in [0.05, 0.1) is 12.1 Å². The summed E-state index contributed by atoms with van der Waals surface area (Å²) in [7, 11) is 3.79. The topological polar surface area (TPSA) is 56.4 Å². The largest absolute Gasteiger partial charge is 0.352 e. The van der Waals surface area contributed by atoms with Crippen molar-refractivity contribution in [2.45, 2.75) is 26.9 Å². The zero-order valence-corrected chi connectivity index (χ0v) is 11.6. The van der Waals surface area contributed by atoms with E-state index >= 15 is 0 Å². The van der Waals surface area contributed by atoms with Crippen LogP contribution in [-0.4, -0.2) is 44.3 Å². The van der Waals surface area contributed by atoms with Gasteiger partial charge in [0, 0.05) is 23.0 Å². The van der Waals surface area contributed by atoms with Gasteiger partial charge in [-0.1, -0.05) is 26.0 Å². The van der Waals surface area contributed by atoms with Gasteiger partial charge in [-0.3, -0.25) is 10.2 Å². The third-order valence-corrected chi connectivity index (χ3v) is 2.62. The molecule has 1 saturated heterocycles. The van der Waals surface area contributed by atoms with Gasteiger partial charge in [0.1, 0.15) is 0 Å². The molecular weight excluding hydrogens is 216 g/mol. The summed E-state index contributed by atoms with van der Waals surface area (Å²) in [5.74, 6) is 0.0505. The van der Waals surface area contributed by atoms with Gasteiger partial charge in [0.2, 0.25) is 5.91 Å². The van der Waals surface area contributed by atoms with Gasteiger partial charge in [-0.25, -0.2) is 5.01 Å². The van der Waals surface area contributed by atoms with Crippen LogP contribution in [0.5, 0.6) is 0 Å². The standard InChI is InChI=1S/C10H20N4O.C2H6.2H2/c1-4-5-6-12-10(15)8-7-13-14(3)9(8)11-2;1-2;;/h4-5,8-9,11,13H,6-7H2,1-3H3,(H,12,15);1-2H3;2*1H/b5-4+;;;. The maximum absolute atomic E-state index is 11.8. The minimum atomic E-state index is -0.0368. The summed E-state index contributed by atoms with van der Waals surface area (Å²) in [5.41, 5.74) is 3.13. The molecule has 0 saturated carbocycles. The zero-order valence-electron chi connectivity index (χ0n) is 11.6. The molecule has 0 radical (unpaired) electrons. The summed E-state index contributed by atoms with van der Waals surface area (Å²) in [6.45, 7) is 7.23. The third-order valence-electron chi connectivity index (χ3n) is 2.62. The first-order valence-corrected chi connectivity index (χ1v) is 6.23. The molecule has 5 heteroatoms. The van der Waals surface area contributed by atoms with Crippen LogP contribution in [0.2, 0.25) is 0 Å². The number of nitrogens with zero attached hydrogens (tertiary/aromatic N) is 1. The Hall–Kier alpha value is -0.910. The Morgan fingerprint density at radius 1 is 1.59 bits per heavy atom. The lowest BCUT2D eigenvalue weighted by molar-refractivity contribution is -0.125. The second kappa shape index (κ2) is 9.15. The van der Waals surface area contributed by atoms with Gasteiger partial charge in [0.25, 0.3) is 0 Å². The highest BCUT2D eigenvalue weighted by Crippen LogP contribution is 2.11. The van der Waals surface area contributed by atoms with E-state index in [4.69, 9.17) is 0 Å². The molecule has 1 aliphatic rings. The van der Waals surface area contributed by atoms with Gasteiger partial charge in [-0.15, -0.1) is 0 Å². The fraction of sp³-hybridized carbons (Fsp3) is 0.750. The summed E-state index contributed by atoms with van der Waals surface area (Å²) in [6.07, 6.45) is 3.92. The third kappa shape index (κ3) is 4.85. The molecular formula is C12H30N4O. The van der Waals surface area contributed by atoms with Crippen LogP contribution in [-0.2, 0) is 4.79 Å². The zero-order chi connectivity index (χ0) is 13.3. The molecule has 17 heavy (non-hydrogen) atoms. The highest BCUT2D eigenvalue weighted by Gasteiger charge is 2.35. The number of hydrogen-bond donors (Lipinski definition) is 3. The molecule has 3 N–H and O–H groups in total. The molecule has 1 amide bonds. The van der Waals surface area contributed by atoms with Crippen molar-refractivity contribution in [3.63, 3.8) is 0 Å². The van der Waals surface area contributed by atoms with E-state index in [1.165, 1.54) is 0 Å². The number of hydrazine groups is 1. The summed E-state index contributed by atoms with van der Waals surface area (Å²) in [4.78, 5) is 11.8. The molecule has 1 heterocycles. The molecule has 0 spiro atoms. The molecule has 1 rings (SSSR count). The van der Waals surface area contributed by atoms with E-state index in [9.17, 15) is 4.79 Å². The lowest BCUT2D eigenvalue weighted by Crippen LogP contribution is -2.47. The van der Waals surface area contributed by atoms with E-state index in [0.717, 1.165) is 0 Å². The van der Waals surface area contributed by atoms with Crippen molar-refractivity contribution in [2.24, 2.45) is 5.92 Å².